The Bertz CT molecular complexity index is 209. The van der Waals surface area contributed by atoms with Crippen LogP contribution < -0.4 is 21.6 Å². The summed E-state index contributed by atoms with van der Waals surface area (Å²) in [7, 11) is -2.84. The van der Waals surface area contributed by atoms with E-state index >= 15 is 0 Å². The molecule has 0 heterocycles. The van der Waals surface area contributed by atoms with Crippen LogP contribution in [0.2, 0.25) is 0 Å². The van der Waals surface area contributed by atoms with Gasteiger partial charge in [-0.3, -0.25) is 14.7 Å². The Morgan fingerprint density at radius 1 is 1.27 bits per heavy atom. The highest BCUT2D eigenvalue weighted by Crippen LogP contribution is 2.28. The predicted molar refractivity (Wildman–Crippen MR) is 53.4 cm³/mol. The number of nitrogens with one attached hydrogen (secondary N) is 2. The van der Waals surface area contributed by atoms with Crippen LogP contribution in [0, 0.1) is 0 Å². The number of nitrogens with two attached hydrogens (primary N) is 2. The quantitative estimate of drug-likeness (QED) is 0.361. The first-order valence-electron chi connectivity index (χ1n) is 2.56. The summed E-state index contributed by atoms with van der Waals surface area (Å²) in [5.41, 5.74) is 10.2. The van der Waals surface area contributed by atoms with Gasteiger partial charge in [-0.15, -0.1) is 0 Å². The fourth-order valence-corrected chi connectivity index (χ4v) is 2.39. The van der Waals surface area contributed by atoms with Crippen molar-refractivity contribution in [3.8, 4) is 0 Å². The number of thiocarbonyl (C=S) groups is 2. The molecule has 0 aliphatic carbocycles. The number of hydrogen-bond donors (Lipinski definition) is 4. The molecule has 6 N–H and O–H groups in total. The molecule has 0 bridgehead atoms. The maximum Gasteiger partial charge on any atom is 0.258 e. The van der Waals surface area contributed by atoms with Gasteiger partial charge in [0.15, 0.2) is 10.2 Å². The van der Waals surface area contributed by atoms with Gasteiger partial charge in [0, 0.05) is 6.66 Å². The lowest BCUT2D eigenvalue weighted by Crippen LogP contribution is -2.36. The monoisotopic (exact) mass is 212 g/mol. The molecule has 0 saturated heterocycles. The lowest BCUT2D eigenvalue weighted by Gasteiger charge is -2.15. The van der Waals surface area contributed by atoms with Gasteiger partial charge in [0.1, 0.15) is 0 Å². The zero-order valence-electron chi connectivity index (χ0n) is 5.83. The van der Waals surface area contributed by atoms with Crippen molar-refractivity contribution in [2.75, 3.05) is 6.66 Å². The van der Waals surface area contributed by atoms with Crippen LogP contribution in [0.5, 0.6) is 0 Å². The van der Waals surface area contributed by atoms with Gasteiger partial charge in [-0.05, 0) is 24.4 Å². The summed E-state index contributed by atoms with van der Waals surface area (Å²) in [4.78, 5) is 0. The van der Waals surface area contributed by atoms with E-state index in [-0.39, 0.29) is 10.2 Å². The van der Waals surface area contributed by atoms with E-state index in [4.69, 9.17) is 11.5 Å². The van der Waals surface area contributed by atoms with Crippen LogP contribution in [0.3, 0.4) is 0 Å². The second kappa shape index (κ2) is 3.85. The minimum Gasteiger partial charge on any atom is -0.376 e. The zero-order chi connectivity index (χ0) is 9.07. The van der Waals surface area contributed by atoms with Crippen molar-refractivity contribution in [3.05, 3.63) is 0 Å². The number of hydrogen-bond acceptors (Lipinski definition) is 3. The summed E-state index contributed by atoms with van der Waals surface area (Å²) in [6.07, 6.45) is 0. The van der Waals surface area contributed by atoms with Gasteiger partial charge in [-0.1, -0.05) is 0 Å². The van der Waals surface area contributed by atoms with E-state index in [1.54, 1.807) is 0 Å². The molecule has 0 rings (SSSR count). The first-order valence-corrected chi connectivity index (χ1v) is 5.53. The number of rotatable bonds is 2. The van der Waals surface area contributed by atoms with Crippen LogP contribution in [-0.2, 0) is 4.57 Å². The van der Waals surface area contributed by atoms with Crippen molar-refractivity contribution in [3.63, 3.8) is 0 Å². The van der Waals surface area contributed by atoms with E-state index in [2.05, 4.69) is 34.6 Å². The zero-order valence-corrected chi connectivity index (χ0v) is 8.35. The first kappa shape index (κ1) is 10.6. The molecule has 0 aliphatic rings. The standard InChI is InChI=1S/C3H9N4OPS2/c1-9(8,6-2(4)10)7-3(5)11/h1H3,(H6,4,5,6,7,8,10,11). The molecule has 0 aliphatic heterocycles. The molecule has 0 amide bonds. The van der Waals surface area contributed by atoms with E-state index in [0.29, 0.717) is 0 Å². The largest absolute Gasteiger partial charge is 0.376 e. The van der Waals surface area contributed by atoms with Gasteiger partial charge in [-0.2, -0.15) is 0 Å². The van der Waals surface area contributed by atoms with E-state index in [0.717, 1.165) is 0 Å². The Morgan fingerprint density at radius 3 is 1.73 bits per heavy atom. The van der Waals surface area contributed by atoms with Gasteiger partial charge < -0.3 is 11.5 Å². The lowest BCUT2D eigenvalue weighted by atomic mass is 11.2. The van der Waals surface area contributed by atoms with Crippen LogP contribution in [0.25, 0.3) is 0 Å². The second-order valence-electron chi connectivity index (χ2n) is 1.88. The van der Waals surface area contributed by atoms with Crippen LogP contribution >= 0.6 is 31.9 Å². The SMILES string of the molecule is CP(=O)(NC(N)=S)NC(N)=S. The summed E-state index contributed by atoms with van der Waals surface area (Å²) in [5.74, 6) is 0. The smallest absolute Gasteiger partial charge is 0.258 e. The molecule has 0 unspecified atom stereocenters. The fourth-order valence-electron chi connectivity index (χ4n) is 0.449. The molecule has 0 atom stereocenters. The minimum atomic E-state index is -2.84. The molecule has 0 spiro atoms. The summed E-state index contributed by atoms with van der Waals surface area (Å²) < 4.78 is 11.3. The van der Waals surface area contributed by atoms with E-state index in [9.17, 15) is 4.57 Å². The van der Waals surface area contributed by atoms with Crippen LogP contribution in [0.1, 0.15) is 0 Å². The van der Waals surface area contributed by atoms with E-state index in [1.807, 2.05) is 0 Å². The van der Waals surface area contributed by atoms with E-state index in [1.165, 1.54) is 6.66 Å². The van der Waals surface area contributed by atoms with Gasteiger partial charge in [0.05, 0.1) is 0 Å². The molecule has 5 nitrogen and oxygen atoms in total. The van der Waals surface area contributed by atoms with Crippen molar-refractivity contribution in [2.45, 2.75) is 0 Å². The molecular weight excluding hydrogens is 203 g/mol. The predicted octanol–water partition coefficient (Wildman–Crippen LogP) is -0.524. The molecule has 0 fully saturated rings. The minimum absolute atomic E-state index is 0.0559. The Morgan fingerprint density at radius 2 is 1.55 bits per heavy atom. The molecule has 11 heavy (non-hydrogen) atoms. The van der Waals surface area contributed by atoms with Crippen molar-refractivity contribution >= 4 is 42.1 Å². The third kappa shape index (κ3) is 6.03. The molecule has 0 aromatic heterocycles. The average molecular weight is 212 g/mol. The Labute approximate surface area is 75.4 Å². The summed E-state index contributed by atoms with van der Waals surface area (Å²) in [5, 5.41) is 4.56. The normalized spacial score (nSPS) is 10.3. The molecule has 64 valence electrons. The lowest BCUT2D eigenvalue weighted by molar-refractivity contribution is 0.573. The maximum atomic E-state index is 11.3. The van der Waals surface area contributed by atoms with Crippen LogP contribution in [0.15, 0.2) is 0 Å². The Hall–Kier alpha value is -0.390. The Kier molecular flexibility index (Phi) is 3.71. The highest BCUT2D eigenvalue weighted by molar-refractivity contribution is 7.82. The summed E-state index contributed by atoms with van der Waals surface area (Å²) >= 11 is 8.93. The molecular formula is C3H9N4OPS2. The maximum absolute atomic E-state index is 11.3. The van der Waals surface area contributed by atoms with Crippen molar-refractivity contribution in [1.82, 2.24) is 10.2 Å². The first-order chi connectivity index (χ1) is 4.83. The summed E-state index contributed by atoms with van der Waals surface area (Å²) in [6.45, 7) is 1.38. The van der Waals surface area contributed by atoms with Crippen LogP contribution in [0.4, 0.5) is 0 Å². The molecule has 0 aromatic rings. The fraction of sp³-hybridized carbons (Fsp3) is 0.333. The van der Waals surface area contributed by atoms with Gasteiger partial charge in [0.25, 0.3) is 7.44 Å². The van der Waals surface area contributed by atoms with Crippen molar-refractivity contribution in [1.29, 1.82) is 0 Å². The van der Waals surface area contributed by atoms with Crippen molar-refractivity contribution < 1.29 is 4.57 Å². The van der Waals surface area contributed by atoms with E-state index < -0.39 is 7.44 Å². The third-order valence-corrected chi connectivity index (χ3v) is 2.49. The highest BCUT2D eigenvalue weighted by atomic mass is 32.1. The highest BCUT2D eigenvalue weighted by Gasteiger charge is 2.14. The molecule has 0 saturated carbocycles. The molecule has 0 aromatic carbocycles. The third-order valence-electron chi connectivity index (χ3n) is 0.647. The molecule has 8 heteroatoms. The van der Waals surface area contributed by atoms with Gasteiger partial charge >= 0.3 is 0 Å². The Balaban J connectivity index is 4.12. The van der Waals surface area contributed by atoms with Gasteiger partial charge in [-0.25, -0.2) is 0 Å². The molecule has 0 radical (unpaired) electrons. The van der Waals surface area contributed by atoms with Gasteiger partial charge in [0.2, 0.25) is 0 Å². The topological polar surface area (TPSA) is 93.2 Å². The second-order valence-corrected chi connectivity index (χ2v) is 5.05. The van der Waals surface area contributed by atoms with Crippen molar-refractivity contribution in [2.24, 2.45) is 11.5 Å². The summed E-state index contributed by atoms with van der Waals surface area (Å²) in [6, 6.07) is 0. The average Bonchev–Trinajstić information content (AvgIpc) is 1.53. The van der Waals surface area contributed by atoms with Crippen LogP contribution in [-0.4, -0.2) is 16.9 Å².